The highest BCUT2D eigenvalue weighted by atomic mass is 32.2. The number of carbonyl (C=O) groups is 1. The van der Waals surface area contributed by atoms with Gasteiger partial charge in [0, 0.05) is 11.5 Å². The molecule has 1 amide bonds. The molecule has 0 unspecified atom stereocenters. The summed E-state index contributed by atoms with van der Waals surface area (Å²) in [7, 11) is 0. The number of hydrogen-bond acceptors (Lipinski definition) is 6. The number of anilines is 1. The molecule has 0 aromatic carbocycles. The van der Waals surface area contributed by atoms with Gasteiger partial charge in [-0.15, -0.1) is 10.2 Å². The molecule has 2 atom stereocenters. The molecule has 4 fully saturated rings. The number of thioether (sulfide) groups is 1. The van der Waals surface area contributed by atoms with Gasteiger partial charge in [-0.1, -0.05) is 18.7 Å². The Kier molecular flexibility index (Phi) is 5.16. The molecule has 1 N–H and O–H groups in total. The van der Waals surface area contributed by atoms with Crippen molar-refractivity contribution < 1.29 is 9.21 Å². The summed E-state index contributed by atoms with van der Waals surface area (Å²) in [5.41, 5.74) is 0.0921. The molecule has 2 aromatic heterocycles. The van der Waals surface area contributed by atoms with E-state index in [4.69, 9.17) is 4.42 Å². The van der Waals surface area contributed by atoms with Crippen LogP contribution in [0.15, 0.2) is 21.9 Å². The van der Waals surface area contributed by atoms with Crippen LogP contribution in [0.2, 0.25) is 0 Å². The van der Waals surface area contributed by atoms with Crippen LogP contribution in [0.25, 0.3) is 0 Å². The first-order valence-corrected chi connectivity index (χ1v) is 12.2. The minimum Gasteiger partial charge on any atom is -0.415 e. The molecule has 6 rings (SSSR count). The smallest absolute Gasteiger partial charge is 0.277 e. The molecule has 2 heterocycles. The van der Waals surface area contributed by atoms with Crippen molar-refractivity contribution in [2.75, 3.05) is 5.32 Å². The summed E-state index contributed by atoms with van der Waals surface area (Å²) >= 11 is 1.34. The van der Waals surface area contributed by atoms with Crippen molar-refractivity contribution in [1.82, 2.24) is 20.0 Å². The topological polar surface area (TPSA) is 85.8 Å². The highest BCUT2D eigenvalue weighted by Crippen LogP contribution is 2.60. The van der Waals surface area contributed by atoms with E-state index in [1.54, 1.807) is 6.20 Å². The predicted molar refractivity (Wildman–Crippen MR) is 115 cm³/mol. The highest BCUT2D eigenvalue weighted by molar-refractivity contribution is 8.00. The summed E-state index contributed by atoms with van der Waals surface area (Å²) in [5, 5.41) is 16.2. The van der Waals surface area contributed by atoms with Crippen LogP contribution in [0.4, 0.5) is 5.82 Å². The Morgan fingerprint density at radius 1 is 1.23 bits per heavy atom. The van der Waals surface area contributed by atoms with Gasteiger partial charge < -0.3 is 9.73 Å². The van der Waals surface area contributed by atoms with Crippen LogP contribution in [0.5, 0.6) is 0 Å². The number of aromatic nitrogens is 4. The van der Waals surface area contributed by atoms with E-state index >= 15 is 0 Å². The van der Waals surface area contributed by atoms with Crippen LogP contribution in [-0.2, 0) is 10.2 Å². The minimum atomic E-state index is -0.338. The van der Waals surface area contributed by atoms with Gasteiger partial charge in [-0.2, -0.15) is 5.10 Å². The summed E-state index contributed by atoms with van der Waals surface area (Å²) < 4.78 is 8.00. The third kappa shape index (κ3) is 3.57. The van der Waals surface area contributed by atoms with Crippen LogP contribution in [0.1, 0.15) is 77.6 Å². The Morgan fingerprint density at radius 2 is 1.90 bits per heavy atom. The van der Waals surface area contributed by atoms with Gasteiger partial charge in [0.05, 0.1) is 17.5 Å². The van der Waals surface area contributed by atoms with Crippen molar-refractivity contribution in [1.29, 1.82) is 0 Å². The number of hydrogen-bond donors (Lipinski definition) is 1. The van der Waals surface area contributed by atoms with Gasteiger partial charge in [-0.3, -0.25) is 4.79 Å². The molecular weight excluding hydrogens is 398 g/mol. The first-order valence-electron chi connectivity index (χ1n) is 11.3. The zero-order valence-electron chi connectivity index (χ0n) is 18.0. The molecule has 30 heavy (non-hydrogen) atoms. The lowest BCUT2D eigenvalue weighted by Gasteiger charge is -2.55. The Hall–Kier alpha value is -1.83. The Labute approximate surface area is 181 Å². The van der Waals surface area contributed by atoms with Crippen molar-refractivity contribution in [3.63, 3.8) is 0 Å². The van der Waals surface area contributed by atoms with Crippen LogP contribution in [0, 0.1) is 17.8 Å². The van der Waals surface area contributed by atoms with Gasteiger partial charge in [0.25, 0.3) is 5.22 Å². The van der Waals surface area contributed by atoms with Crippen molar-refractivity contribution in [3.05, 3.63) is 18.2 Å². The number of nitrogens with one attached hydrogen (secondary N) is 1. The molecule has 8 heteroatoms. The van der Waals surface area contributed by atoms with E-state index < -0.39 is 0 Å². The number of nitrogens with zero attached hydrogens (tertiary/aromatic N) is 4. The van der Waals surface area contributed by atoms with E-state index in [9.17, 15) is 4.79 Å². The van der Waals surface area contributed by atoms with E-state index in [2.05, 4.69) is 34.5 Å². The maximum Gasteiger partial charge on any atom is 0.277 e. The van der Waals surface area contributed by atoms with Crippen molar-refractivity contribution in [3.8, 4) is 0 Å². The van der Waals surface area contributed by atoms with E-state index in [-0.39, 0.29) is 22.6 Å². The summed E-state index contributed by atoms with van der Waals surface area (Å²) in [6.07, 6.45) is 10.4. The predicted octanol–water partition coefficient (Wildman–Crippen LogP) is 4.82. The molecule has 0 saturated heterocycles. The van der Waals surface area contributed by atoms with Gasteiger partial charge in [-0.05, 0) is 76.5 Å². The Bertz CT molecular complexity index is 887. The fourth-order valence-corrected chi connectivity index (χ4v) is 6.90. The zero-order chi connectivity index (χ0) is 20.9. The van der Waals surface area contributed by atoms with Gasteiger partial charge in [0.2, 0.25) is 11.8 Å². The standard InChI is InChI=1S/C22H31N5O2S/c1-4-13(2)27-18(5-6-23-27)24-19(28)14(3)30-21-26-25-20(29-21)22-10-15-7-16(11-22)9-17(8-15)12-22/h5-6,13-17H,4,7-12H2,1-3H3,(H,24,28)/t13-,14+,15?,16?,17?,22?/m1/s1. The summed E-state index contributed by atoms with van der Waals surface area (Å²) in [4.78, 5) is 12.7. The van der Waals surface area contributed by atoms with E-state index in [0.29, 0.717) is 5.22 Å². The van der Waals surface area contributed by atoms with Gasteiger partial charge in [-0.25, -0.2) is 4.68 Å². The number of amides is 1. The summed E-state index contributed by atoms with van der Waals surface area (Å²) in [5.74, 6) is 3.95. The van der Waals surface area contributed by atoms with Crippen LogP contribution >= 0.6 is 11.8 Å². The quantitative estimate of drug-likeness (QED) is 0.635. The maximum absolute atomic E-state index is 12.7. The third-order valence-corrected chi connectivity index (χ3v) is 8.41. The van der Waals surface area contributed by atoms with Gasteiger partial charge in [0.1, 0.15) is 5.82 Å². The summed E-state index contributed by atoms with van der Waals surface area (Å²) in [6.45, 7) is 6.07. The van der Waals surface area contributed by atoms with Crippen molar-refractivity contribution in [2.24, 2.45) is 17.8 Å². The SMILES string of the molecule is CC[C@@H](C)n1nccc1NC(=O)[C@H](C)Sc1nnc(C23CC4CC(CC(C4)C2)C3)o1. The Balaban J connectivity index is 1.24. The fraction of sp³-hybridized carbons (Fsp3) is 0.727. The molecule has 162 valence electrons. The van der Waals surface area contributed by atoms with Crippen LogP contribution < -0.4 is 5.32 Å². The fourth-order valence-electron chi connectivity index (χ4n) is 6.21. The Morgan fingerprint density at radius 3 is 2.53 bits per heavy atom. The molecule has 4 bridgehead atoms. The number of carbonyl (C=O) groups excluding carboxylic acids is 1. The van der Waals surface area contributed by atoms with Crippen LogP contribution in [-0.4, -0.2) is 31.1 Å². The molecular formula is C22H31N5O2S. The van der Waals surface area contributed by atoms with Crippen LogP contribution in [0.3, 0.4) is 0 Å². The molecule has 0 spiro atoms. The molecule has 4 aliphatic carbocycles. The first kappa shape index (κ1) is 20.1. The zero-order valence-corrected chi connectivity index (χ0v) is 18.8. The molecule has 4 saturated carbocycles. The van der Waals surface area contributed by atoms with Crippen molar-refractivity contribution in [2.45, 2.75) is 87.6 Å². The lowest BCUT2D eigenvalue weighted by Crippen LogP contribution is -2.48. The number of rotatable bonds is 7. The van der Waals surface area contributed by atoms with Gasteiger partial charge >= 0.3 is 0 Å². The second-order valence-electron chi connectivity index (χ2n) is 9.74. The second-order valence-corrected chi connectivity index (χ2v) is 11.0. The van der Waals surface area contributed by atoms with E-state index in [0.717, 1.165) is 35.9 Å². The monoisotopic (exact) mass is 429 g/mol. The third-order valence-electron chi connectivity index (χ3n) is 7.48. The maximum atomic E-state index is 12.7. The minimum absolute atomic E-state index is 0.0837. The second kappa shape index (κ2) is 7.70. The molecule has 0 radical (unpaired) electrons. The molecule has 2 aromatic rings. The largest absolute Gasteiger partial charge is 0.415 e. The molecule has 0 aliphatic heterocycles. The first-order chi connectivity index (χ1) is 14.5. The van der Waals surface area contributed by atoms with Gasteiger partial charge in [0.15, 0.2) is 0 Å². The normalized spacial score (nSPS) is 31.6. The van der Waals surface area contributed by atoms with E-state index in [1.807, 2.05) is 17.7 Å². The summed E-state index contributed by atoms with van der Waals surface area (Å²) in [6, 6.07) is 2.07. The van der Waals surface area contributed by atoms with Crippen molar-refractivity contribution >= 4 is 23.5 Å². The lowest BCUT2D eigenvalue weighted by molar-refractivity contribution is -0.115. The highest BCUT2D eigenvalue weighted by Gasteiger charge is 2.54. The average molecular weight is 430 g/mol. The molecule has 7 nitrogen and oxygen atoms in total. The average Bonchev–Trinajstić information content (AvgIpc) is 3.36. The lowest BCUT2D eigenvalue weighted by atomic mass is 9.49. The molecule has 4 aliphatic rings. The van der Waals surface area contributed by atoms with E-state index in [1.165, 1.54) is 50.3 Å².